The minimum atomic E-state index is -0.499. The number of imide groups is 1. The van der Waals surface area contributed by atoms with Crippen molar-refractivity contribution in [3.8, 4) is 12.3 Å². The summed E-state index contributed by atoms with van der Waals surface area (Å²) < 4.78 is 1.93. The zero-order valence-electron chi connectivity index (χ0n) is 14.1. The Morgan fingerprint density at radius 3 is 2.59 bits per heavy atom. The number of hydrogen-bond acceptors (Lipinski definition) is 2. The summed E-state index contributed by atoms with van der Waals surface area (Å²) in [7, 11) is 0. The van der Waals surface area contributed by atoms with Crippen molar-refractivity contribution >= 4 is 46.2 Å². The summed E-state index contributed by atoms with van der Waals surface area (Å²) in [4.78, 5) is 26.2. The second kappa shape index (κ2) is 6.67. The number of fused-ring (bicyclic) bond motifs is 1. The van der Waals surface area contributed by atoms with Crippen LogP contribution in [0.4, 0.5) is 10.5 Å². The number of terminal acetylenes is 1. The summed E-state index contributed by atoms with van der Waals surface area (Å²) >= 11 is 5.88. The predicted molar refractivity (Wildman–Crippen MR) is 106 cm³/mol. The van der Waals surface area contributed by atoms with Crippen molar-refractivity contribution in [2.45, 2.75) is 6.54 Å². The van der Waals surface area contributed by atoms with Crippen LogP contribution < -0.4 is 10.2 Å². The molecule has 2 heterocycles. The Bertz CT molecular complexity index is 1140. The quantitative estimate of drug-likeness (QED) is 0.427. The molecule has 6 heteroatoms. The fraction of sp³-hybridized carbons (Fsp3) is 0.0476. The van der Waals surface area contributed by atoms with Crippen LogP contribution in [0.1, 0.15) is 5.56 Å². The average Bonchev–Trinajstić information content (AvgIpc) is 3.14. The first-order valence-electron chi connectivity index (χ1n) is 8.22. The van der Waals surface area contributed by atoms with Crippen LogP contribution in [0.3, 0.4) is 0 Å². The van der Waals surface area contributed by atoms with Crippen LogP contribution in [0.5, 0.6) is 0 Å². The summed E-state index contributed by atoms with van der Waals surface area (Å²) in [6.45, 7) is 0.418. The molecule has 0 radical (unpaired) electrons. The standard InChI is InChI=1S/C21H14ClN3O2/c1-2-11-24-13-14(17-5-3-4-6-19(17)24)12-18-20(26)25(21(27)23-18)16-9-7-15(22)8-10-16/h1,3-10,12-13H,11H2,(H,23,27)/b18-12+. The molecule has 1 aromatic heterocycles. The van der Waals surface area contributed by atoms with Crippen molar-refractivity contribution in [3.63, 3.8) is 0 Å². The maximum atomic E-state index is 12.8. The number of rotatable bonds is 3. The maximum Gasteiger partial charge on any atom is 0.333 e. The van der Waals surface area contributed by atoms with E-state index in [1.807, 2.05) is 35.0 Å². The number of amides is 3. The van der Waals surface area contributed by atoms with Gasteiger partial charge in [0.2, 0.25) is 0 Å². The highest BCUT2D eigenvalue weighted by Gasteiger charge is 2.35. The number of benzene rings is 2. The van der Waals surface area contributed by atoms with E-state index in [4.69, 9.17) is 18.0 Å². The van der Waals surface area contributed by atoms with Crippen molar-refractivity contribution in [2.75, 3.05) is 4.90 Å². The molecule has 4 rings (SSSR count). The molecule has 0 saturated carbocycles. The van der Waals surface area contributed by atoms with E-state index in [1.54, 1.807) is 30.3 Å². The fourth-order valence-electron chi connectivity index (χ4n) is 3.13. The van der Waals surface area contributed by atoms with Gasteiger partial charge in [-0.3, -0.25) is 4.79 Å². The van der Waals surface area contributed by atoms with Crippen LogP contribution in [0.25, 0.3) is 17.0 Å². The van der Waals surface area contributed by atoms with Crippen molar-refractivity contribution in [3.05, 3.63) is 71.0 Å². The Labute approximate surface area is 160 Å². The van der Waals surface area contributed by atoms with Gasteiger partial charge in [-0.15, -0.1) is 6.42 Å². The van der Waals surface area contributed by atoms with Crippen LogP contribution >= 0.6 is 11.6 Å². The van der Waals surface area contributed by atoms with Crippen LogP contribution in [-0.4, -0.2) is 16.5 Å². The lowest BCUT2D eigenvalue weighted by Crippen LogP contribution is -2.30. The molecule has 27 heavy (non-hydrogen) atoms. The zero-order valence-corrected chi connectivity index (χ0v) is 14.9. The number of halogens is 1. The number of anilines is 1. The highest BCUT2D eigenvalue weighted by Crippen LogP contribution is 2.27. The Morgan fingerprint density at radius 2 is 1.85 bits per heavy atom. The van der Waals surface area contributed by atoms with Gasteiger partial charge in [0.15, 0.2) is 0 Å². The molecule has 0 bridgehead atoms. The lowest BCUT2D eigenvalue weighted by atomic mass is 10.1. The molecule has 1 N–H and O–H groups in total. The van der Waals surface area contributed by atoms with Gasteiger partial charge >= 0.3 is 6.03 Å². The fourth-order valence-corrected chi connectivity index (χ4v) is 3.26. The van der Waals surface area contributed by atoms with E-state index in [-0.39, 0.29) is 5.70 Å². The zero-order chi connectivity index (χ0) is 19.0. The highest BCUT2D eigenvalue weighted by atomic mass is 35.5. The van der Waals surface area contributed by atoms with Gasteiger partial charge in [-0.1, -0.05) is 35.7 Å². The SMILES string of the molecule is C#CCn1cc(/C=C2/NC(=O)N(c3ccc(Cl)cc3)C2=O)c2ccccc21. The molecule has 1 aliphatic heterocycles. The number of para-hydroxylation sites is 1. The van der Waals surface area contributed by atoms with E-state index in [0.717, 1.165) is 21.4 Å². The summed E-state index contributed by atoms with van der Waals surface area (Å²) in [5, 5.41) is 4.12. The molecular formula is C21H14ClN3O2. The largest absolute Gasteiger partial charge is 0.335 e. The number of aromatic nitrogens is 1. The van der Waals surface area contributed by atoms with Crippen LogP contribution in [0.2, 0.25) is 5.02 Å². The number of urea groups is 1. The van der Waals surface area contributed by atoms with Gasteiger partial charge in [0.25, 0.3) is 5.91 Å². The monoisotopic (exact) mass is 375 g/mol. The maximum absolute atomic E-state index is 12.8. The van der Waals surface area contributed by atoms with Crippen LogP contribution in [0, 0.1) is 12.3 Å². The summed E-state index contributed by atoms with van der Waals surface area (Å²) in [6, 6.07) is 13.8. The molecule has 0 unspecified atom stereocenters. The van der Waals surface area contributed by atoms with Crippen molar-refractivity contribution < 1.29 is 9.59 Å². The predicted octanol–water partition coefficient (Wildman–Crippen LogP) is 4.03. The van der Waals surface area contributed by atoms with Gasteiger partial charge in [0, 0.05) is 27.7 Å². The van der Waals surface area contributed by atoms with Crippen molar-refractivity contribution in [2.24, 2.45) is 0 Å². The number of nitrogens with one attached hydrogen (secondary N) is 1. The average molecular weight is 376 g/mol. The molecule has 0 aliphatic carbocycles. The van der Waals surface area contributed by atoms with E-state index < -0.39 is 11.9 Å². The molecule has 5 nitrogen and oxygen atoms in total. The Hall–Kier alpha value is -3.49. The molecule has 0 spiro atoms. The van der Waals surface area contributed by atoms with E-state index in [1.165, 1.54) is 0 Å². The second-order valence-electron chi connectivity index (χ2n) is 6.04. The molecule has 0 atom stereocenters. The number of carbonyl (C=O) groups is 2. The molecule has 2 aromatic carbocycles. The molecule has 1 fully saturated rings. The van der Waals surface area contributed by atoms with E-state index in [2.05, 4.69) is 11.2 Å². The Balaban J connectivity index is 1.74. The summed E-state index contributed by atoms with van der Waals surface area (Å²) in [6.07, 6.45) is 8.99. The van der Waals surface area contributed by atoms with Crippen molar-refractivity contribution in [1.29, 1.82) is 0 Å². The number of nitrogens with zero attached hydrogens (tertiary/aromatic N) is 2. The van der Waals surface area contributed by atoms with E-state index in [9.17, 15) is 9.59 Å². The molecule has 3 aromatic rings. The smallest absolute Gasteiger partial charge is 0.333 e. The third-order valence-corrected chi connectivity index (χ3v) is 4.60. The minimum Gasteiger partial charge on any atom is -0.335 e. The van der Waals surface area contributed by atoms with Gasteiger partial charge < -0.3 is 9.88 Å². The van der Waals surface area contributed by atoms with Crippen LogP contribution in [0.15, 0.2) is 60.4 Å². The van der Waals surface area contributed by atoms with E-state index in [0.29, 0.717) is 17.3 Å². The molecule has 1 saturated heterocycles. The molecule has 132 valence electrons. The highest BCUT2D eigenvalue weighted by molar-refractivity contribution is 6.31. The van der Waals surface area contributed by atoms with Gasteiger partial charge in [-0.05, 0) is 36.4 Å². The summed E-state index contributed by atoms with van der Waals surface area (Å²) in [5.41, 5.74) is 2.44. The minimum absolute atomic E-state index is 0.207. The first-order chi connectivity index (χ1) is 13.1. The second-order valence-corrected chi connectivity index (χ2v) is 6.48. The van der Waals surface area contributed by atoms with Gasteiger partial charge in [-0.2, -0.15) is 0 Å². The third-order valence-electron chi connectivity index (χ3n) is 4.34. The normalized spacial score (nSPS) is 15.4. The molecular weight excluding hydrogens is 362 g/mol. The topological polar surface area (TPSA) is 54.3 Å². The van der Waals surface area contributed by atoms with Gasteiger partial charge in [0.05, 0.1) is 12.2 Å². The van der Waals surface area contributed by atoms with Crippen LogP contribution in [-0.2, 0) is 11.3 Å². The molecule has 1 aliphatic rings. The Kier molecular flexibility index (Phi) is 4.19. The number of hydrogen-bond donors (Lipinski definition) is 1. The number of carbonyl (C=O) groups excluding carboxylic acids is 2. The third kappa shape index (κ3) is 2.97. The van der Waals surface area contributed by atoms with Gasteiger partial charge in [-0.25, -0.2) is 9.69 Å². The van der Waals surface area contributed by atoms with Gasteiger partial charge in [0.1, 0.15) is 5.70 Å². The van der Waals surface area contributed by atoms with E-state index >= 15 is 0 Å². The summed E-state index contributed by atoms with van der Waals surface area (Å²) in [5.74, 6) is 2.20. The lowest BCUT2D eigenvalue weighted by Gasteiger charge is -2.11. The Morgan fingerprint density at radius 1 is 1.11 bits per heavy atom. The van der Waals surface area contributed by atoms with Crippen molar-refractivity contribution in [1.82, 2.24) is 9.88 Å². The molecule has 3 amide bonds. The first kappa shape index (κ1) is 17.0. The lowest BCUT2D eigenvalue weighted by molar-refractivity contribution is -0.113. The first-order valence-corrected chi connectivity index (χ1v) is 8.60.